The normalized spacial score (nSPS) is 11.2. The third kappa shape index (κ3) is 2.41. The maximum Gasteiger partial charge on any atom is 0.145 e. The summed E-state index contributed by atoms with van der Waals surface area (Å²) in [5.74, 6) is -0.505. The topological polar surface area (TPSA) is 49.8 Å². The van der Waals surface area contributed by atoms with E-state index in [2.05, 4.69) is 0 Å². The summed E-state index contributed by atoms with van der Waals surface area (Å²) in [6.45, 7) is 1.68. The smallest absolute Gasteiger partial charge is 0.145 e. The highest BCUT2D eigenvalue weighted by Gasteiger charge is 2.09. The quantitative estimate of drug-likeness (QED) is 0.755. The fourth-order valence-corrected chi connectivity index (χ4v) is 0.988. The Balaban J connectivity index is 0.00000144. The third-order valence-electron chi connectivity index (χ3n) is 1.64. The molecule has 0 fully saturated rings. The van der Waals surface area contributed by atoms with Gasteiger partial charge in [0.1, 0.15) is 11.9 Å². The number of rotatable bonds is 1. The lowest BCUT2D eigenvalue weighted by molar-refractivity contribution is 0.590. The third-order valence-corrected chi connectivity index (χ3v) is 1.64. The standard InChI is InChI=1S/C9H9FN2.ClH/c1-6(12)8-4-2-3-7(5-11)9(8)10;/h2-4,6H,12H2,1H3;1H/t6-;/m0./s1. The largest absolute Gasteiger partial charge is 0.324 e. The Hall–Kier alpha value is -1.11. The van der Waals surface area contributed by atoms with Crippen LogP contribution in [-0.4, -0.2) is 0 Å². The van der Waals surface area contributed by atoms with Crippen LogP contribution in [0.3, 0.4) is 0 Å². The molecule has 0 aliphatic rings. The molecule has 4 heteroatoms. The average molecular weight is 201 g/mol. The van der Waals surface area contributed by atoms with E-state index in [1.807, 2.05) is 0 Å². The second-order valence-corrected chi connectivity index (χ2v) is 2.61. The van der Waals surface area contributed by atoms with E-state index in [9.17, 15) is 4.39 Å². The summed E-state index contributed by atoms with van der Waals surface area (Å²) in [4.78, 5) is 0. The molecular weight excluding hydrogens is 191 g/mol. The van der Waals surface area contributed by atoms with Crippen molar-refractivity contribution in [2.45, 2.75) is 13.0 Å². The molecule has 0 aromatic heterocycles. The zero-order valence-electron chi connectivity index (χ0n) is 7.12. The Kier molecular flexibility index (Phi) is 4.39. The van der Waals surface area contributed by atoms with E-state index < -0.39 is 5.82 Å². The van der Waals surface area contributed by atoms with Crippen LogP contribution < -0.4 is 5.73 Å². The van der Waals surface area contributed by atoms with Gasteiger partial charge in [-0.15, -0.1) is 12.4 Å². The summed E-state index contributed by atoms with van der Waals surface area (Å²) >= 11 is 0. The highest BCUT2D eigenvalue weighted by molar-refractivity contribution is 5.85. The summed E-state index contributed by atoms with van der Waals surface area (Å²) in [5.41, 5.74) is 5.92. The molecule has 1 rings (SSSR count). The van der Waals surface area contributed by atoms with Crippen LogP contribution in [0.2, 0.25) is 0 Å². The monoisotopic (exact) mass is 200 g/mol. The zero-order chi connectivity index (χ0) is 9.14. The lowest BCUT2D eigenvalue weighted by atomic mass is 10.1. The predicted octanol–water partition coefficient (Wildman–Crippen LogP) is 2.14. The first-order valence-corrected chi connectivity index (χ1v) is 3.61. The SMILES string of the molecule is C[C@H](N)c1cccc(C#N)c1F.Cl. The second kappa shape index (κ2) is 4.80. The number of benzene rings is 1. The molecule has 0 unspecified atom stereocenters. The summed E-state index contributed by atoms with van der Waals surface area (Å²) in [6, 6.07) is 6.02. The number of halogens is 2. The van der Waals surface area contributed by atoms with Crippen LogP contribution in [0, 0.1) is 17.1 Å². The minimum absolute atomic E-state index is 0. The van der Waals surface area contributed by atoms with E-state index >= 15 is 0 Å². The molecule has 70 valence electrons. The number of nitrogens with zero attached hydrogens (tertiary/aromatic N) is 1. The highest BCUT2D eigenvalue weighted by atomic mass is 35.5. The first kappa shape index (κ1) is 11.9. The maximum atomic E-state index is 13.2. The van der Waals surface area contributed by atoms with Crippen molar-refractivity contribution in [2.24, 2.45) is 5.73 Å². The molecule has 13 heavy (non-hydrogen) atoms. The minimum atomic E-state index is -0.505. The Morgan fingerprint density at radius 3 is 2.62 bits per heavy atom. The van der Waals surface area contributed by atoms with Crippen molar-refractivity contribution in [3.63, 3.8) is 0 Å². The first-order chi connectivity index (χ1) is 5.66. The molecule has 0 radical (unpaired) electrons. The second-order valence-electron chi connectivity index (χ2n) is 2.61. The number of nitrogens with two attached hydrogens (primary N) is 1. The average Bonchev–Trinajstić information content (AvgIpc) is 2.04. The lowest BCUT2D eigenvalue weighted by Gasteiger charge is -2.06. The molecule has 0 aliphatic heterocycles. The summed E-state index contributed by atoms with van der Waals surface area (Å²) in [6.07, 6.45) is 0. The molecule has 0 saturated carbocycles. The van der Waals surface area contributed by atoms with E-state index in [0.717, 1.165) is 0 Å². The Morgan fingerprint density at radius 1 is 1.54 bits per heavy atom. The van der Waals surface area contributed by atoms with Gasteiger partial charge in [0.15, 0.2) is 0 Å². The first-order valence-electron chi connectivity index (χ1n) is 3.61. The highest BCUT2D eigenvalue weighted by Crippen LogP contribution is 2.17. The van der Waals surface area contributed by atoms with Crippen LogP contribution in [0.15, 0.2) is 18.2 Å². The van der Waals surface area contributed by atoms with Gasteiger partial charge in [-0.25, -0.2) is 4.39 Å². The van der Waals surface area contributed by atoms with E-state index in [0.29, 0.717) is 5.56 Å². The van der Waals surface area contributed by atoms with Crippen molar-refractivity contribution in [3.05, 3.63) is 35.1 Å². The van der Waals surface area contributed by atoms with Crippen molar-refractivity contribution in [2.75, 3.05) is 0 Å². The molecule has 1 atom stereocenters. The molecule has 2 N–H and O–H groups in total. The van der Waals surface area contributed by atoms with Gasteiger partial charge in [0, 0.05) is 11.6 Å². The number of hydrogen-bond donors (Lipinski definition) is 1. The van der Waals surface area contributed by atoms with Crippen LogP contribution >= 0.6 is 12.4 Å². The fourth-order valence-electron chi connectivity index (χ4n) is 0.988. The predicted molar refractivity (Wildman–Crippen MR) is 51.0 cm³/mol. The number of hydrogen-bond acceptors (Lipinski definition) is 2. The molecule has 0 aliphatic carbocycles. The van der Waals surface area contributed by atoms with Crippen molar-refractivity contribution < 1.29 is 4.39 Å². The van der Waals surface area contributed by atoms with Crippen molar-refractivity contribution in [1.29, 1.82) is 5.26 Å². The number of nitriles is 1. The molecule has 0 spiro atoms. The van der Waals surface area contributed by atoms with Crippen molar-refractivity contribution in [3.8, 4) is 6.07 Å². The molecule has 0 amide bonds. The molecule has 0 heterocycles. The van der Waals surface area contributed by atoms with Crippen LogP contribution in [0.25, 0.3) is 0 Å². The van der Waals surface area contributed by atoms with Gasteiger partial charge in [-0.2, -0.15) is 5.26 Å². The van der Waals surface area contributed by atoms with E-state index in [1.165, 1.54) is 6.07 Å². The van der Waals surface area contributed by atoms with Gasteiger partial charge < -0.3 is 5.73 Å². The van der Waals surface area contributed by atoms with Crippen molar-refractivity contribution >= 4 is 12.4 Å². The minimum Gasteiger partial charge on any atom is -0.324 e. The molecule has 0 saturated heterocycles. The lowest BCUT2D eigenvalue weighted by Crippen LogP contribution is -2.08. The Bertz CT molecular complexity index is 331. The molecular formula is C9H10ClFN2. The van der Waals surface area contributed by atoms with Crippen LogP contribution in [0.1, 0.15) is 24.1 Å². The van der Waals surface area contributed by atoms with Crippen LogP contribution in [-0.2, 0) is 0 Å². The Labute approximate surface area is 82.6 Å². The Morgan fingerprint density at radius 2 is 2.15 bits per heavy atom. The van der Waals surface area contributed by atoms with Gasteiger partial charge in [0.25, 0.3) is 0 Å². The van der Waals surface area contributed by atoms with Gasteiger partial charge in [0.05, 0.1) is 5.56 Å². The summed E-state index contributed by atoms with van der Waals surface area (Å²) in [7, 11) is 0. The molecule has 1 aromatic rings. The molecule has 2 nitrogen and oxygen atoms in total. The molecule has 0 bridgehead atoms. The van der Waals surface area contributed by atoms with Crippen molar-refractivity contribution in [1.82, 2.24) is 0 Å². The van der Waals surface area contributed by atoms with Gasteiger partial charge in [-0.3, -0.25) is 0 Å². The van der Waals surface area contributed by atoms with Crippen LogP contribution in [0.4, 0.5) is 4.39 Å². The van der Waals surface area contributed by atoms with Gasteiger partial charge in [0.2, 0.25) is 0 Å². The zero-order valence-corrected chi connectivity index (χ0v) is 7.94. The van der Waals surface area contributed by atoms with Gasteiger partial charge >= 0.3 is 0 Å². The fraction of sp³-hybridized carbons (Fsp3) is 0.222. The van der Waals surface area contributed by atoms with E-state index in [4.69, 9.17) is 11.0 Å². The van der Waals surface area contributed by atoms with Gasteiger partial charge in [-0.05, 0) is 13.0 Å². The summed E-state index contributed by atoms with van der Waals surface area (Å²) < 4.78 is 13.2. The van der Waals surface area contributed by atoms with E-state index in [-0.39, 0.29) is 24.0 Å². The van der Waals surface area contributed by atoms with Gasteiger partial charge in [-0.1, -0.05) is 12.1 Å². The maximum absolute atomic E-state index is 13.2. The van der Waals surface area contributed by atoms with E-state index in [1.54, 1.807) is 25.1 Å². The van der Waals surface area contributed by atoms with Crippen LogP contribution in [0.5, 0.6) is 0 Å². The molecule has 1 aromatic carbocycles. The summed E-state index contributed by atoms with van der Waals surface area (Å²) in [5, 5.41) is 8.49.